The van der Waals surface area contributed by atoms with Crippen LogP contribution in [0.3, 0.4) is 0 Å². The standard InChI is InChI=1S/C17H15ClFN3O/c18-16-8-12(19)3-6-17(16)22-14(9-13(10-20)21-22)7-11-1-4-15(23)5-2-11/h1-6,8-9,23H,7,10,20H2. The molecule has 23 heavy (non-hydrogen) atoms. The molecule has 0 spiro atoms. The number of nitrogens with zero attached hydrogens (tertiary/aromatic N) is 2. The third kappa shape index (κ3) is 3.36. The number of nitrogens with two attached hydrogens (primary N) is 1. The number of phenolic OH excluding ortho intramolecular Hbond substituents is 1. The summed E-state index contributed by atoms with van der Waals surface area (Å²) in [5.74, 6) is -0.184. The van der Waals surface area contributed by atoms with Gasteiger partial charge in [-0.05, 0) is 42.0 Å². The van der Waals surface area contributed by atoms with Gasteiger partial charge in [-0.1, -0.05) is 23.7 Å². The number of benzene rings is 2. The van der Waals surface area contributed by atoms with Crippen molar-refractivity contribution in [2.45, 2.75) is 13.0 Å². The van der Waals surface area contributed by atoms with E-state index in [1.165, 1.54) is 12.1 Å². The quantitative estimate of drug-likeness (QED) is 0.770. The van der Waals surface area contributed by atoms with E-state index in [0.717, 1.165) is 17.0 Å². The molecular formula is C17H15ClFN3O. The summed E-state index contributed by atoms with van der Waals surface area (Å²) in [6.07, 6.45) is 0.584. The van der Waals surface area contributed by atoms with Crippen molar-refractivity contribution in [3.63, 3.8) is 0 Å². The zero-order valence-corrected chi connectivity index (χ0v) is 13.0. The van der Waals surface area contributed by atoms with Crippen molar-refractivity contribution in [1.29, 1.82) is 0 Å². The highest BCUT2D eigenvalue weighted by molar-refractivity contribution is 6.32. The van der Waals surface area contributed by atoms with E-state index in [0.29, 0.717) is 18.7 Å². The van der Waals surface area contributed by atoms with Crippen LogP contribution >= 0.6 is 11.6 Å². The Labute approximate surface area is 137 Å². The predicted octanol–water partition coefficient (Wildman–Crippen LogP) is 3.42. The van der Waals surface area contributed by atoms with E-state index in [1.807, 2.05) is 18.2 Å². The minimum Gasteiger partial charge on any atom is -0.508 e. The summed E-state index contributed by atoms with van der Waals surface area (Å²) in [6, 6.07) is 13.0. The van der Waals surface area contributed by atoms with Gasteiger partial charge in [0.2, 0.25) is 0 Å². The normalized spacial score (nSPS) is 10.9. The molecule has 3 N–H and O–H groups in total. The molecule has 0 saturated carbocycles. The van der Waals surface area contributed by atoms with Crippen LogP contribution in [-0.2, 0) is 13.0 Å². The largest absolute Gasteiger partial charge is 0.508 e. The lowest BCUT2D eigenvalue weighted by Gasteiger charge is -2.09. The summed E-state index contributed by atoms with van der Waals surface area (Å²) < 4.78 is 14.9. The molecule has 0 saturated heterocycles. The molecule has 6 heteroatoms. The van der Waals surface area contributed by atoms with E-state index in [2.05, 4.69) is 5.10 Å². The number of halogens is 2. The molecule has 0 unspecified atom stereocenters. The van der Waals surface area contributed by atoms with E-state index < -0.39 is 5.82 Å². The second kappa shape index (κ2) is 6.40. The zero-order valence-electron chi connectivity index (χ0n) is 12.2. The molecule has 3 aromatic rings. The molecule has 4 nitrogen and oxygen atoms in total. The Morgan fingerprint density at radius 3 is 2.52 bits per heavy atom. The average molecular weight is 332 g/mol. The average Bonchev–Trinajstić information content (AvgIpc) is 2.92. The first-order valence-corrected chi connectivity index (χ1v) is 7.46. The fourth-order valence-electron chi connectivity index (χ4n) is 2.39. The molecule has 0 bridgehead atoms. The van der Waals surface area contributed by atoms with Crippen LogP contribution in [0.4, 0.5) is 4.39 Å². The van der Waals surface area contributed by atoms with Crippen molar-refractivity contribution >= 4 is 11.6 Å². The summed E-state index contributed by atoms with van der Waals surface area (Å²) in [4.78, 5) is 0. The van der Waals surface area contributed by atoms with Crippen molar-refractivity contribution in [2.75, 3.05) is 0 Å². The Kier molecular flexibility index (Phi) is 4.32. The predicted molar refractivity (Wildman–Crippen MR) is 87.3 cm³/mol. The molecule has 2 aromatic carbocycles. The SMILES string of the molecule is NCc1cc(Cc2ccc(O)cc2)n(-c2ccc(F)cc2Cl)n1. The smallest absolute Gasteiger partial charge is 0.124 e. The molecule has 3 rings (SSSR count). The van der Waals surface area contributed by atoms with Gasteiger partial charge < -0.3 is 10.8 Å². The van der Waals surface area contributed by atoms with Gasteiger partial charge >= 0.3 is 0 Å². The summed E-state index contributed by atoms with van der Waals surface area (Å²) in [5.41, 5.74) is 8.89. The van der Waals surface area contributed by atoms with Gasteiger partial charge in [-0.3, -0.25) is 0 Å². The summed E-state index contributed by atoms with van der Waals surface area (Å²) >= 11 is 6.15. The maximum atomic E-state index is 13.3. The van der Waals surface area contributed by atoms with Crippen LogP contribution in [0.1, 0.15) is 17.0 Å². The van der Waals surface area contributed by atoms with E-state index in [9.17, 15) is 9.50 Å². The lowest BCUT2D eigenvalue weighted by Crippen LogP contribution is -2.05. The molecule has 0 aliphatic rings. The topological polar surface area (TPSA) is 64.1 Å². The molecule has 0 aliphatic heterocycles. The number of rotatable bonds is 4. The Balaban J connectivity index is 2.03. The highest BCUT2D eigenvalue weighted by Gasteiger charge is 2.13. The Morgan fingerprint density at radius 2 is 1.87 bits per heavy atom. The molecule has 118 valence electrons. The monoisotopic (exact) mass is 331 g/mol. The number of phenols is 1. The van der Waals surface area contributed by atoms with Crippen LogP contribution in [0.15, 0.2) is 48.5 Å². The van der Waals surface area contributed by atoms with Gasteiger partial charge in [-0.2, -0.15) is 5.10 Å². The van der Waals surface area contributed by atoms with Gasteiger partial charge in [0.15, 0.2) is 0 Å². The van der Waals surface area contributed by atoms with Crippen LogP contribution in [0.25, 0.3) is 5.69 Å². The van der Waals surface area contributed by atoms with Crippen molar-refractivity contribution < 1.29 is 9.50 Å². The van der Waals surface area contributed by atoms with Gasteiger partial charge in [-0.25, -0.2) is 9.07 Å². The van der Waals surface area contributed by atoms with Gasteiger partial charge in [0.05, 0.1) is 16.4 Å². The fraction of sp³-hybridized carbons (Fsp3) is 0.118. The van der Waals surface area contributed by atoms with Crippen LogP contribution < -0.4 is 5.73 Å². The Morgan fingerprint density at radius 1 is 1.13 bits per heavy atom. The summed E-state index contributed by atoms with van der Waals surface area (Å²) in [5, 5.41) is 14.1. The first kappa shape index (κ1) is 15.5. The zero-order chi connectivity index (χ0) is 16.4. The second-order valence-electron chi connectivity index (χ2n) is 5.18. The molecule has 1 heterocycles. The Hall–Kier alpha value is -2.37. The first-order chi connectivity index (χ1) is 11.1. The molecular weight excluding hydrogens is 317 g/mol. The van der Waals surface area contributed by atoms with Crippen molar-refractivity contribution in [3.8, 4) is 11.4 Å². The van der Waals surface area contributed by atoms with Crippen LogP contribution in [0.2, 0.25) is 5.02 Å². The van der Waals surface area contributed by atoms with E-state index in [1.54, 1.807) is 22.9 Å². The summed E-state index contributed by atoms with van der Waals surface area (Å²) in [6.45, 7) is 0.300. The van der Waals surface area contributed by atoms with Gasteiger partial charge in [0, 0.05) is 18.7 Å². The van der Waals surface area contributed by atoms with Gasteiger partial charge in [0.1, 0.15) is 11.6 Å². The van der Waals surface area contributed by atoms with Crippen LogP contribution in [-0.4, -0.2) is 14.9 Å². The van der Waals surface area contributed by atoms with Crippen molar-refractivity contribution in [1.82, 2.24) is 9.78 Å². The molecule has 1 aromatic heterocycles. The molecule has 0 aliphatic carbocycles. The third-order valence-corrected chi connectivity index (χ3v) is 3.81. The van der Waals surface area contributed by atoms with Crippen LogP contribution in [0, 0.1) is 5.82 Å². The van der Waals surface area contributed by atoms with E-state index >= 15 is 0 Å². The molecule has 0 fully saturated rings. The Bertz CT molecular complexity index is 830. The highest BCUT2D eigenvalue weighted by atomic mass is 35.5. The van der Waals surface area contributed by atoms with E-state index in [-0.39, 0.29) is 10.8 Å². The minimum atomic E-state index is -0.398. The molecule has 0 atom stereocenters. The minimum absolute atomic E-state index is 0.214. The van der Waals surface area contributed by atoms with Crippen molar-refractivity contribution in [3.05, 3.63) is 76.3 Å². The third-order valence-electron chi connectivity index (χ3n) is 3.50. The second-order valence-corrected chi connectivity index (χ2v) is 5.59. The maximum Gasteiger partial charge on any atom is 0.124 e. The van der Waals surface area contributed by atoms with Crippen molar-refractivity contribution in [2.24, 2.45) is 5.73 Å². The number of aromatic hydroxyl groups is 1. The number of aromatic nitrogens is 2. The highest BCUT2D eigenvalue weighted by Crippen LogP contribution is 2.24. The summed E-state index contributed by atoms with van der Waals surface area (Å²) in [7, 11) is 0. The first-order valence-electron chi connectivity index (χ1n) is 7.08. The molecule has 0 amide bonds. The van der Waals surface area contributed by atoms with Gasteiger partial charge in [0.25, 0.3) is 0 Å². The lowest BCUT2D eigenvalue weighted by molar-refractivity contribution is 0.475. The van der Waals surface area contributed by atoms with E-state index in [4.69, 9.17) is 17.3 Å². The fourth-order valence-corrected chi connectivity index (χ4v) is 2.63. The molecule has 0 radical (unpaired) electrons. The lowest BCUT2D eigenvalue weighted by atomic mass is 10.1. The van der Waals surface area contributed by atoms with Gasteiger partial charge in [-0.15, -0.1) is 0 Å². The van der Waals surface area contributed by atoms with Crippen LogP contribution in [0.5, 0.6) is 5.75 Å². The number of hydrogen-bond donors (Lipinski definition) is 2. The maximum absolute atomic E-state index is 13.3. The number of hydrogen-bond acceptors (Lipinski definition) is 3.